The maximum atomic E-state index is 2.59. The van der Waals surface area contributed by atoms with Gasteiger partial charge in [-0.25, -0.2) is 0 Å². The van der Waals surface area contributed by atoms with Gasteiger partial charge in [0, 0.05) is 0 Å². The van der Waals surface area contributed by atoms with E-state index in [0.29, 0.717) is 0 Å². The molecule has 0 bridgehead atoms. The number of rotatable bonds is 0. The molecule has 0 spiro atoms. The van der Waals surface area contributed by atoms with Gasteiger partial charge in [-0.15, -0.1) is 9.24 Å². The zero-order chi connectivity index (χ0) is 3.70. The van der Waals surface area contributed by atoms with Crippen molar-refractivity contribution in [3.8, 4) is 0 Å². The van der Waals surface area contributed by atoms with Crippen LogP contribution in [0.4, 0.5) is 0 Å². The molecule has 0 heterocycles. The average molecular weight is 86.1 g/mol. The second-order valence-electron chi connectivity index (χ2n) is 1.32. The van der Waals surface area contributed by atoms with E-state index in [0.717, 1.165) is 0 Å². The van der Waals surface area contributed by atoms with Crippen LogP contribution in [0.2, 0.25) is 0 Å². The molecule has 1 rings (SSSR count). The van der Waals surface area contributed by atoms with Gasteiger partial charge in [0.25, 0.3) is 0 Å². The fourth-order valence-electron chi connectivity index (χ4n) is 0.239. The number of allylic oxidation sites excluding steroid dienone is 1. The number of hydrogen-bond donors (Lipinski definition) is 0. The minimum atomic E-state index is 1.35. The second-order valence-corrected chi connectivity index (χ2v) is 1.66. The van der Waals surface area contributed by atoms with Crippen molar-refractivity contribution in [1.29, 1.82) is 0 Å². The Hall–Kier alpha value is 0.170. The Morgan fingerprint density at radius 3 is 2.20 bits per heavy atom. The lowest BCUT2D eigenvalue weighted by Gasteiger charge is -1.53. The van der Waals surface area contributed by atoms with Crippen molar-refractivity contribution in [2.24, 2.45) is 0 Å². The van der Waals surface area contributed by atoms with E-state index in [1.54, 1.807) is 5.57 Å². The lowest BCUT2D eigenvalue weighted by atomic mass is 10.7. The Bertz CT molecular complexity index is 58.0. The van der Waals surface area contributed by atoms with E-state index < -0.39 is 0 Å². The summed E-state index contributed by atoms with van der Waals surface area (Å²) >= 11 is 0. The second kappa shape index (κ2) is 1.10. The molecule has 1 fully saturated rings. The van der Waals surface area contributed by atoms with Gasteiger partial charge in [0.15, 0.2) is 0 Å². The molecule has 0 amide bonds. The van der Waals surface area contributed by atoms with Crippen LogP contribution in [0.15, 0.2) is 11.4 Å². The third-order valence-corrected chi connectivity index (χ3v) is 1.25. The number of hydrogen-bond acceptors (Lipinski definition) is 0. The topological polar surface area (TPSA) is 0 Å². The van der Waals surface area contributed by atoms with Crippen LogP contribution in [-0.2, 0) is 0 Å². The molecule has 0 radical (unpaired) electrons. The Balaban J connectivity index is 2.46. The Morgan fingerprint density at radius 2 is 2.20 bits per heavy atom. The third-order valence-electron chi connectivity index (χ3n) is 0.774. The first-order valence-corrected chi connectivity index (χ1v) is 2.50. The highest BCUT2D eigenvalue weighted by Crippen LogP contribution is 2.28. The molecule has 0 aromatic heterocycles. The summed E-state index contributed by atoms with van der Waals surface area (Å²) in [5.41, 5.74) is 1.59. The first-order chi connectivity index (χ1) is 2.43. The Morgan fingerprint density at radius 1 is 1.60 bits per heavy atom. The normalized spacial score (nSPS) is 19.0. The minimum absolute atomic E-state index is 1.35. The summed E-state index contributed by atoms with van der Waals surface area (Å²) in [6.45, 7) is 0. The van der Waals surface area contributed by atoms with E-state index in [9.17, 15) is 0 Å². The van der Waals surface area contributed by atoms with E-state index in [1.165, 1.54) is 12.8 Å². The third kappa shape index (κ3) is 0.735. The highest BCUT2D eigenvalue weighted by Gasteiger charge is 2.06. The van der Waals surface area contributed by atoms with Gasteiger partial charge in [-0.1, -0.05) is 11.4 Å². The van der Waals surface area contributed by atoms with Crippen molar-refractivity contribution >= 4 is 9.24 Å². The van der Waals surface area contributed by atoms with Gasteiger partial charge in [0.1, 0.15) is 0 Å². The zero-order valence-corrected chi connectivity index (χ0v) is 4.22. The van der Waals surface area contributed by atoms with E-state index in [4.69, 9.17) is 0 Å². The van der Waals surface area contributed by atoms with Gasteiger partial charge < -0.3 is 0 Å². The van der Waals surface area contributed by atoms with Gasteiger partial charge in [-0.3, -0.25) is 0 Å². The Labute approximate surface area is 34.5 Å². The molecule has 28 valence electrons. The van der Waals surface area contributed by atoms with Gasteiger partial charge in [0.2, 0.25) is 0 Å². The van der Waals surface area contributed by atoms with Gasteiger partial charge >= 0.3 is 0 Å². The fraction of sp³-hybridized carbons (Fsp3) is 0.500. The molecule has 1 saturated carbocycles. The molecule has 1 aliphatic rings. The van der Waals surface area contributed by atoms with Crippen LogP contribution in [-0.4, -0.2) is 0 Å². The van der Waals surface area contributed by atoms with Crippen LogP contribution in [0.25, 0.3) is 0 Å². The molecule has 0 aromatic carbocycles. The molecule has 0 aliphatic heterocycles. The van der Waals surface area contributed by atoms with Gasteiger partial charge in [0.05, 0.1) is 0 Å². The van der Waals surface area contributed by atoms with Gasteiger partial charge in [-0.05, 0) is 12.8 Å². The van der Waals surface area contributed by atoms with Crippen molar-refractivity contribution < 1.29 is 0 Å². The molecular formula is C4H7P. The smallest absolute Gasteiger partial charge is 0.0279 e. The van der Waals surface area contributed by atoms with Crippen molar-refractivity contribution in [2.45, 2.75) is 12.8 Å². The predicted octanol–water partition coefficient (Wildman–Crippen LogP) is 1.54. The van der Waals surface area contributed by atoms with E-state index in [2.05, 4.69) is 15.1 Å². The van der Waals surface area contributed by atoms with E-state index >= 15 is 0 Å². The monoisotopic (exact) mass is 86.0 g/mol. The summed E-state index contributed by atoms with van der Waals surface area (Å²) < 4.78 is 0. The van der Waals surface area contributed by atoms with Gasteiger partial charge in [-0.2, -0.15) is 0 Å². The molecule has 0 N–H and O–H groups in total. The molecule has 0 nitrogen and oxygen atoms in total. The molecule has 5 heavy (non-hydrogen) atoms. The Kier molecular flexibility index (Phi) is 0.740. The SMILES string of the molecule is PC=C1CC1. The van der Waals surface area contributed by atoms with Crippen molar-refractivity contribution in [2.75, 3.05) is 0 Å². The quantitative estimate of drug-likeness (QED) is 0.392. The van der Waals surface area contributed by atoms with Crippen molar-refractivity contribution in [3.05, 3.63) is 11.4 Å². The lowest BCUT2D eigenvalue weighted by Crippen LogP contribution is -1.23. The first kappa shape index (κ1) is 3.36. The maximum Gasteiger partial charge on any atom is -0.0279 e. The molecule has 0 aromatic rings. The highest BCUT2D eigenvalue weighted by atomic mass is 31.0. The fourth-order valence-corrected chi connectivity index (χ4v) is 0.572. The van der Waals surface area contributed by atoms with Crippen LogP contribution in [0.3, 0.4) is 0 Å². The van der Waals surface area contributed by atoms with Crippen LogP contribution in [0.5, 0.6) is 0 Å². The maximum absolute atomic E-state index is 2.59. The summed E-state index contributed by atoms with van der Waals surface area (Å²) in [5.74, 6) is 2.11. The standard InChI is InChI=1S/C4H7P/c5-3-4-1-2-4/h3H,1-2,5H2. The summed E-state index contributed by atoms with van der Waals surface area (Å²) in [4.78, 5) is 0. The van der Waals surface area contributed by atoms with Crippen LogP contribution in [0, 0.1) is 0 Å². The van der Waals surface area contributed by atoms with Crippen LogP contribution in [0.1, 0.15) is 12.8 Å². The molecule has 1 aliphatic carbocycles. The van der Waals surface area contributed by atoms with Crippen LogP contribution >= 0.6 is 9.24 Å². The first-order valence-electron chi connectivity index (χ1n) is 1.83. The zero-order valence-electron chi connectivity index (χ0n) is 3.07. The highest BCUT2D eigenvalue weighted by molar-refractivity contribution is 7.20. The molecule has 0 saturated heterocycles. The predicted molar refractivity (Wildman–Crippen MR) is 27.0 cm³/mol. The molecule has 1 atom stereocenters. The molecular weight excluding hydrogens is 79.0 g/mol. The largest absolute Gasteiger partial charge is 0.114 e. The summed E-state index contributed by atoms with van der Waals surface area (Å²) in [5, 5.41) is 0. The summed E-state index contributed by atoms with van der Waals surface area (Å²) in [6.07, 6.45) is 2.70. The summed E-state index contributed by atoms with van der Waals surface area (Å²) in [6, 6.07) is 0. The lowest BCUT2D eigenvalue weighted by molar-refractivity contribution is 1.50. The van der Waals surface area contributed by atoms with E-state index in [1.807, 2.05) is 0 Å². The van der Waals surface area contributed by atoms with Crippen molar-refractivity contribution in [3.63, 3.8) is 0 Å². The van der Waals surface area contributed by atoms with Crippen LogP contribution < -0.4 is 0 Å². The molecule has 1 unspecified atom stereocenters. The van der Waals surface area contributed by atoms with Crippen molar-refractivity contribution in [1.82, 2.24) is 0 Å². The van der Waals surface area contributed by atoms with E-state index in [-0.39, 0.29) is 0 Å². The average Bonchev–Trinajstić information content (AvgIpc) is 2.12. The summed E-state index contributed by atoms with van der Waals surface area (Å²) in [7, 11) is 2.59. The minimum Gasteiger partial charge on any atom is -0.114 e. The molecule has 1 heteroatoms.